The highest BCUT2D eigenvalue weighted by Crippen LogP contribution is 2.23. The number of carbonyl (C=O) groups is 2. The highest BCUT2D eigenvalue weighted by atomic mass is 35.5. The quantitative estimate of drug-likeness (QED) is 0.516. The number of nitrogens with one attached hydrogen (secondary N) is 1. The standard InChI is InChI=1S/C19H16ClNO5S/c1-11(18(22)15-10-21-17-6-4-3-5-13(15)17)26-19(23)14-9-12(27(2,24)25)7-8-16(14)20/h3-11,21H,1-2H3/t11-/m1/s1. The zero-order chi connectivity index (χ0) is 19.8. The molecule has 8 heteroatoms. The molecule has 0 amide bonds. The number of hydrogen-bond donors (Lipinski definition) is 1. The number of H-pyrrole nitrogens is 1. The van der Waals surface area contributed by atoms with Crippen LogP contribution >= 0.6 is 11.6 Å². The molecule has 1 atom stereocenters. The summed E-state index contributed by atoms with van der Waals surface area (Å²) < 4.78 is 28.6. The van der Waals surface area contributed by atoms with E-state index in [1.165, 1.54) is 19.1 Å². The molecule has 0 aliphatic heterocycles. The molecule has 1 N–H and O–H groups in total. The zero-order valence-corrected chi connectivity index (χ0v) is 16.1. The van der Waals surface area contributed by atoms with Crippen molar-refractivity contribution in [3.63, 3.8) is 0 Å². The van der Waals surface area contributed by atoms with E-state index in [1.807, 2.05) is 12.1 Å². The number of esters is 1. The van der Waals surface area contributed by atoms with E-state index in [-0.39, 0.29) is 21.3 Å². The molecule has 0 radical (unpaired) electrons. The van der Waals surface area contributed by atoms with Crippen molar-refractivity contribution in [2.45, 2.75) is 17.9 Å². The predicted molar refractivity (Wildman–Crippen MR) is 102 cm³/mol. The van der Waals surface area contributed by atoms with Gasteiger partial charge in [0, 0.05) is 28.9 Å². The number of carbonyl (C=O) groups excluding carboxylic acids is 2. The Balaban J connectivity index is 1.85. The second kappa shape index (κ2) is 7.17. The monoisotopic (exact) mass is 405 g/mol. The van der Waals surface area contributed by atoms with Crippen LogP contribution in [0.25, 0.3) is 10.9 Å². The first-order valence-corrected chi connectivity index (χ1v) is 10.3. The van der Waals surface area contributed by atoms with Gasteiger partial charge in [-0.3, -0.25) is 4.79 Å². The molecule has 1 heterocycles. The molecule has 0 unspecified atom stereocenters. The first-order valence-electron chi connectivity index (χ1n) is 7.99. The molecular formula is C19H16ClNO5S. The molecule has 3 rings (SSSR count). The van der Waals surface area contributed by atoms with Crippen LogP contribution in [0.15, 0.2) is 53.6 Å². The van der Waals surface area contributed by atoms with Crippen LogP contribution in [0.1, 0.15) is 27.6 Å². The van der Waals surface area contributed by atoms with E-state index in [9.17, 15) is 18.0 Å². The lowest BCUT2D eigenvalue weighted by Crippen LogP contribution is -2.24. The molecular weight excluding hydrogens is 390 g/mol. The first-order chi connectivity index (χ1) is 12.7. The predicted octanol–water partition coefficient (Wildman–Crippen LogP) is 3.65. The third-order valence-electron chi connectivity index (χ3n) is 4.09. The molecule has 0 fully saturated rings. The number of aromatic nitrogens is 1. The summed E-state index contributed by atoms with van der Waals surface area (Å²) in [5.41, 5.74) is 1.09. The zero-order valence-electron chi connectivity index (χ0n) is 14.5. The molecule has 1 aromatic heterocycles. The van der Waals surface area contributed by atoms with Crippen LogP contribution in [0.4, 0.5) is 0 Å². The van der Waals surface area contributed by atoms with Crippen LogP contribution in [0, 0.1) is 0 Å². The number of hydrogen-bond acceptors (Lipinski definition) is 5. The Labute approximate surface area is 161 Å². The second-order valence-corrected chi connectivity index (χ2v) is 8.50. The van der Waals surface area contributed by atoms with E-state index in [4.69, 9.17) is 16.3 Å². The summed E-state index contributed by atoms with van der Waals surface area (Å²) in [5.74, 6) is -1.25. The number of aromatic amines is 1. The van der Waals surface area contributed by atoms with E-state index in [0.29, 0.717) is 5.56 Å². The number of sulfone groups is 1. The number of ether oxygens (including phenoxy) is 1. The average Bonchev–Trinajstić information content (AvgIpc) is 3.04. The summed E-state index contributed by atoms with van der Waals surface area (Å²) in [4.78, 5) is 28.0. The SMILES string of the molecule is C[C@@H](OC(=O)c1cc(S(C)(=O)=O)ccc1Cl)C(=O)c1c[nH]c2ccccc12. The van der Waals surface area contributed by atoms with E-state index in [0.717, 1.165) is 23.2 Å². The summed E-state index contributed by atoms with van der Waals surface area (Å²) in [6, 6.07) is 11.0. The van der Waals surface area contributed by atoms with Gasteiger partial charge in [-0.25, -0.2) is 13.2 Å². The largest absolute Gasteiger partial charge is 0.451 e. The summed E-state index contributed by atoms with van der Waals surface area (Å²) in [7, 11) is -3.52. The van der Waals surface area contributed by atoms with Crippen LogP contribution in [0.5, 0.6) is 0 Å². The normalized spacial score (nSPS) is 12.7. The molecule has 2 aromatic carbocycles. The minimum absolute atomic E-state index is 0.0409. The Bertz CT molecular complexity index is 1150. The summed E-state index contributed by atoms with van der Waals surface area (Å²) in [6.45, 7) is 1.45. The van der Waals surface area contributed by atoms with Crippen LogP contribution < -0.4 is 0 Å². The fraction of sp³-hybridized carbons (Fsp3) is 0.158. The number of halogens is 1. The average molecular weight is 406 g/mol. The molecule has 0 saturated heterocycles. The van der Waals surface area contributed by atoms with Crippen LogP contribution in [0.3, 0.4) is 0 Å². The molecule has 140 valence electrons. The number of rotatable bonds is 5. The second-order valence-electron chi connectivity index (χ2n) is 6.07. The first kappa shape index (κ1) is 19.1. The van der Waals surface area contributed by atoms with Crippen molar-refractivity contribution in [1.82, 2.24) is 4.98 Å². The third-order valence-corrected chi connectivity index (χ3v) is 5.53. The van der Waals surface area contributed by atoms with Gasteiger partial charge in [0.2, 0.25) is 5.78 Å². The Hall–Kier alpha value is -2.64. The van der Waals surface area contributed by atoms with Gasteiger partial charge in [0.15, 0.2) is 15.9 Å². The van der Waals surface area contributed by atoms with E-state index < -0.39 is 21.9 Å². The van der Waals surface area contributed by atoms with Gasteiger partial charge < -0.3 is 9.72 Å². The lowest BCUT2D eigenvalue weighted by atomic mass is 10.1. The number of benzene rings is 2. The number of para-hydroxylation sites is 1. The molecule has 3 aromatic rings. The van der Waals surface area contributed by atoms with Crippen molar-refractivity contribution in [3.8, 4) is 0 Å². The maximum Gasteiger partial charge on any atom is 0.340 e. The van der Waals surface area contributed by atoms with Crippen molar-refractivity contribution in [3.05, 3.63) is 64.8 Å². The fourth-order valence-electron chi connectivity index (χ4n) is 2.66. The van der Waals surface area contributed by atoms with Gasteiger partial charge in [-0.15, -0.1) is 0 Å². The molecule has 0 aliphatic carbocycles. The van der Waals surface area contributed by atoms with Gasteiger partial charge in [0.25, 0.3) is 0 Å². The Morgan fingerprint density at radius 1 is 1.11 bits per heavy atom. The molecule has 0 aliphatic rings. The lowest BCUT2D eigenvalue weighted by Gasteiger charge is -2.13. The third kappa shape index (κ3) is 3.89. The summed E-state index contributed by atoms with van der Waals surface area (Å²) >= 11 is 6.00. The molecule has 27 heavy (non-hydrogen) atoms. The maximum atomic E-state index is 12.7. The van der Waals surface area contributed by atoms with Crippen LogP contribution in [0.2, 0.25) is 5.02 Å². The van der Waals surface area contributed by atoms with Crippen molar-refractivity contribution in [1.29, 1.82) is 0 Å². The highest BCUT2D eigenvalue weighted by molar-refractivity contribution is 7.90. The smallest absolute Gasteiger partial charge is 0.340 e. The van der Waals surface area contributed by atoms with E-state index in [2.05, 4.69) is 4.98 Å². The molecule has 6 nitrogen and oxygen atoms in total. The highest BCUT2D eigenvalue weighted by Gasteiger charge is 2.24. The molecule has 0 saturated carbocycles. The number of fused-ring (bicyclic) bond motifs is 1. The van der Waals surface area contributed by atoms with Gasteiger partial charge in [0.05, 0.1) is 15.5 Å². The summed E-state index contributed by atoms with van der Waals surface area (Å²) in [6.07, 6.45) is 1.51. The van der Waals surface area contributed by atoms with Crippen LogP contribution in [-0.4, -0.2) is 37.5 Å². The van der Waals surface area contributed by atoms with Crippen molar-refractivity contribution in [2.24, 2.45) is 0 Å². The van der Waals surface area contributed by atoms with E-state index >= 15 is 0 Å². The van der Waals surface area contributed by atoms with Gasteiger partial charge >= 0.3 is 5.97 Å². The van der Waals surface area contributed by atoms with Gasteiger partial charge in [-0.05, 0) is 31.2 Å². The lowest BCUT2D eigenvalue weighted by molar-refractivity contribution is 0.0319. The van der Waals surface area contributed by atoms with Gasteiger partial charge in [-0.1, -0.05) is 29.8 Å². The topological polar surface area (TPSA) is 93.3 Å². The number of ketones is 1. The Morgan fingerprint density at radius 3 is 2.52 bits per heavy atom. The van der Waals surface area contributed by atoms with Crippen molar-refractivity contribution in [2.75, 3.05) is 6.26 Å². The molecule has 0 spiro atoms. The fourth-order valence-corrected chi connectivity index (χ4v) is 3.51. The van der Waals surface area contributed by atoms with E-state index in [1.54, 1.807) is 18.3 Å². The minimum atomic E-state index is -3.52. The van der Waals surface area contributed by atoms with Crippen LogP contribution in [-0.2, 0) is 14.6 Å². The van der Waals surface area contributed by atoms with Gasteiger partial charge in [-0.2, -0.15) is 0 Å². The van der Waals surface area contributed by atoms with Crippen molar-refractivity contribution >= 4 is 44.1 Å². The summed E-state index contributed by atoms with van der Waals surface area (Å²) in [5, 5.41) is 0.765. The molecule has 0 bridgehead atoms. The Morgan fingerprint density at radius 2 is 1.81 bits per heavy atom. The Kier molecular flexibility index (Phi) is 5.08. The minimum Gasteiger partial charge on any atom is -0.451 e. The van der Waals surface area contributed by atoms with Crippen molar-refractivity contribution < 1.29 is 22.7 Å². The maximum absolute atomic E-state index is 12.7. The van der Waals surface area contributed by atoms with Gasteiger partial charge in [0.1, 0.15) is 0 Å². The number of Topliss-reactive ketones (excluding diaryl/α,β-unsaturated/α-hetero) is 1.